The Kier molecular flexibility index (Phi) is 7.82. The van der Waals surface area contributed by atoms with Gasteiger partial charge in [0.05, 0.1) is 6.10 Å². The van der Waals surface area contributed by atoms with Crippen LogP contribution in [-0.2, 0) is 0 Å². The lowest BCUT2D eigenvalue weighted by atomic mass is 10.1. The number of aliphatic hydroxyl groups is 1. The minimum Gasteiger partial charge on any atom is -0.388 e. The number of anilines is 2. The average molecular weight is 374 g/mol. The number of benzene rings is 2. The van der Waals surface area contributed by atoms with Crippen molar-refractivity contribution in [3.63, 3.8) is 0 Å². The summed E-state index contributed by atoms with van der Waals surface area (Å²) in [6.07, 6.45) is 0.503. The van der Waals surface area contributed by atoms with E-state index in [2.05, 4.69) is 66.4 Å². The first-order chi connectivity index (χ1) is 12.4. The van der Waals surface area contributed by atoms with Crippen LogP contribution in [0, 0.1) is 6.92 Å². The minimum absolute atomic E-state index is 0.328. The van der Waals surface area contributed by atoms with Crippen LogP contribution in [0.25, 0.3) is 0 Å². The maximum Gasteiger partial charge on any atom is 0.0914 e. The Morgan fingerprint density at radius 2 is 1.85 bits per heavy atom. The summed E-state index contributed by atoms with van der Waals surface area (Å²) < 4.78 is 0. The number of hydrogen-bond acceptors (Lipinski definition) is 5. The van der Waals surface area contributed by atoms with Crippen molar-refractivity contribution in [1.82, 2.24) is 5.32 Å². The summed E-state index contributed by atoms with van der Waals surface area (Å²) in [7, 11) is 4.03. The van der Waals surface area contributed by atoms with Gasteiger partial charge in [0.15, 0.2) is 0 Å². The van der Waals surface area contributed by atoms with E-state index in [1.54, 1.807) is 0 Å². The zero-order valence-electron chi connectivity index (χ0n) is 16.2. The summed E-state index contributed by atoms with van der Waals surface area (Å²) in [5.74, 6) is 0. The van der Waals surface area contributed by atoms with Gasteiger partial charge in [-0.3, -0.25) is 0 Å². The number of thiol groups is 1. The van der Waals surface area contributed by atoms with Crippen LogP contribution in [0.3, 0.4) is 0 Å². The number of nitrogens with one attached hydrogen (secondary N) is 2. The molecule has 0 heterocycles. The highest BCUT2D eigenvalue weighted by Gasteiger charge is 2.11. The van der Waals surface area contributed by atoms with Crippen molar-refractivity contribution < 1.29 is 5.11 Å². The molecule has 4 nitrogen and oxygen atoms in total. The van der Waals surface area contributed by atoms with Crippen molar-refractivity contribution in [3.8, 4) is 0 Å². The van der Waals surface area contributed by atoms with Gasteiger partial charge in [-0.2, -0.15) is 0 Å². The Bertz CT molecular complexity index is 690. The normalized spacial score (nSPS) is 13.3. The molecular weight excluding hydrogens is 342 g/mol. The number of rotatable bonds is 9. The van der Waals surface area contributed by atoms with E-state index in [1.807, 2.05) is 32.2 Å². The Hall–Kier alpha value is -1.69. The Morgan fingerprint density at radius 1 is 1.15 bits per heavy atom. The van der Waals surface area contributed by atoms with Crippen molar-refractivity contribution in [2.24, 2.45) is 0 Å². The summed E-state index contributed by atoms with van der Waals surface area (Å²) in [6, 6.07) is 14.6. The second-order valence-corrected chi connectivity index (χ2v) is 7.36. The minimum atomic E-state index is -0.503. The number of nitrogens with zero attached hydrogens (tertiary/aromatic N) is 1. The molecule has 2 aromatic carbocycles. The number of aliphatic hydroxyl groups excluding tert-OH is 1. The molecule has 0 aliphatic carbocycles. The summed E-state index contributed by atoms with van der Waals surface area (Å²) in [5.41, 5.74) is 4.34. The predicted octanol–water partition coefficient (Wildman–Crippen LogP) is 3.86. The van der Waals surface area contributed by atoms with E-state index in [0.29, 0.717) is 12.6 Å². The quantitative estimate of drug-likeness (QED) is 0.504. The Morgan fingerprint density at radius 3 is 2.46 bits per heavy atom. The summed E-state index contributed by atoms with van der Waals surface area (Å²) in [6.45, 7) is 5.67. The molecule has 0 saturated heterocycles. The average Bonchev–Trinajstić information content (AvgIpc) is 2.66. The Balaban J connectivity index is 1.76. The molecule has 2 aromatic rings. The number of aryl methyl sites for hydroxylation is 1. The SMILES string of the molecule is CNc1ccc(N(C)CCC(C)NCC(O)c2ccc(S)c(C)c2)cc1. The van der Waals surface area contributed by atoms with Crippen molar-refractivity contribution in [2.45, 2.75) is 37.3 Å². The lowest BCUT2D eigenvalue weighted by molar-refractivity contribution is 0.170. The molecular formula is C21H31N3OS. The first kappa shape index (κ1) is 20.6. The van der Waals surface area contributed by atoms with Gasteiger partial charge in [-0.05, 0) is 61.7 Å². The van der Waals surface area contributed by atoms with Crippen LogP contribution in [0.4, 0.5) is 11.4 Å². The first-order valence-electron chi connectivity index (χ1n) is 9.10. The third-order valence-corrected chi connectivity index (χ3v) is 5.26. The molecule has 0 spiro atoms. The highest BCUT2D eigenvalue weighted by Crippen LogP contribution is 2.20. The third kappa shape index (κ3) is 5.94. The van der Waals surface area contributed by atoms with E-state index in [0.717, 1.165) is 34.7 Å². The van der Waals surface area contributed by atoms with Crippen LogP contribution in [0.2, 0.25) is 0 Å². The molecule has 2 atom stereocenters. The second kappa shape index (κ2) is 9.86. The maximum absolute atomic E-state index is 10.4. The highest BCUT2D eigenvalue weighted by molar-refractivity contribution is 7.80. The summed E-state index contributed by atoms with van der Waals surface area (Å²) >= 11 is 4.38. The maximum atomic E-state index is 10.4. The molecule has 0 amide bonds. The fourth-order valence-corrected chi connectivity index (χ4v) is 2.96. The van der Waals surface area contributed by atoms with Crippen LogP contribution in [0.15, 0.2) is 47.4 Å². The standard InChI is InChI=1S/C21H31N3OS/c1-15-13-17(5-10-21(15)26)20(25)14-23-16(2)11-12-24(4)19-8-6-18(22-3)7-9-19/h5-10,13,16,20,22-23,25-26H,11-12,14H2,1-4H3. The highest BCUT2D eigenvalue weighted by atomic mass is 32.1. The largest absolute Gasteiger partial charge is 0.388 e. The van der Waals surface area contributed by atoms with Crippen molar-refractivity contribution in [1.29, 1.82) is 0 Å². The van der Waals surface area contributed by atoms with Gasteiger partial charge in [0.2, 0.25) is 0 Å². The van der Waals surface area contributed by atoms with E-state index in [-0.39, 0.29) is 0 Å². The van der Waals surface area contributed by atoms with Gasteiger partial charge >= 0.3 is 0 Å². The van der Waals surface area contributed by atoms with Gasteiger partial charge in [0.1, 0.15) is 0 Å². The van der Waals surface area contributed by atoms with Crippen LogP contribution in [-0.4, -0.2) is 38.3 Å². The topological polar surface area (TPSA) is 47.5 Å². The molecule has 142 valence electrons. The van der Waals surface area contributed by atoms with E-state index in [1.165, 1.54) is 5.69 Å². The van der Waals surface area contributed by atoms with Gasteiger partial charge in [-0.25, -0.2) is 0 Å². The van der Waals surface area contributed by atoms with Crippen molar-refractivity contribution in [3.05, 3.63) is 53.6 Å². The van der Waals surface area contributed by atoms with Gasteiger partial charge in [0.25, 0.3) is 0 Å². The molecule has 0 bridgehead atoms. The van der Waals surface area contributed by atoms with Crippen molar-refractivity contribution in [2.75, 3.05) is 37.4 Å². The lowest BCUT2D eigenvalue weighted by Crippen LogP contribution is -2.33. The number of hydrogen-bond donors (Lipinski definition) is 4. The molecule has 2 rings (SSSR count). The van der Waals surface area contributed by atoms with Gasteiger partial charge in [0, 0.05) is 49.5 Å². The summed E-state index contributed by atoms with van der Waals surface area (Å²) in [5, 5.41) is 17.0. The molecule has 26 heavy (non-hydrogen) atoms. The molecule has 0 aliphatic rings. The van der Waals surface area contributed by atoms with E-state index >= 15 is 0 Å². The van der Waals surface area contributed by atoms with Crippen LogP contribution >= 0.6 is 12.6 Å². The molecule has 3 N–H and O–H groups in total. The molecule has 0 radical (unpaired) electrons. The van der Waals surface area contributed by atoms with Crippen LogP contribution < -0.4 is 15.5 Å². The molecule has 2 unspecified atom stereocenters. The molecule has 0 aromatic heterocycles. The molecule has 0 saturated carbocycles. The predicted molar refractivity (Wildman–Crippen MR) is 115 cm³/mol. The second-order valence-electron chi connectivity index (χ2n) is 6.88. The zero-order chi connectivity index (χ0) is 19.1. The van der Waals surface area contributed by atoms with Crippen LogP contribution in [0.1, 0.15) is 30.6 Å². The first-order valence-corrected chi connectivity index (χ1v) is 9.55. The van der Waals surface area contributed by atoms with E-state index in [4.69, 9.17) is 0 Å². The monoisotopic (exact) mass is 373 g/mol. The van der Waals surface area contributed by atoms with Gasteiger partial charge in [-0.15, -0.1) is 12.6 Å². The molecule has 5 heteroatoms. The van der Waals surface area contributed by atoms with Gasteiger partial charge < -0.3 is 20.6 Å². The van der Waals surface area contributed by atoms with Gasteiger partial charge in [-0.1, -0.05) is 12.1 Å². The third-order valence-electron chi connectivity index (χ3n) is 4.76. The van der Waals surface area contributed by atoms with E-state index < -0.39 is 6.10 Å². The lowest BCUT2D eigenvalue weighted by Gasteiger charge is -2.23. The molecule has 0 aliphatic heterocycles. The smallest absolute Gasteiger partial charge is 0.0914 e. The van der Waals surface area contributed by atoms with Crippen LogP contribution in [0.5, 0.6) is 0 Å². The summed E-state index contributed by atoms with van der Waals surface area (Å²) in [4.78, 5) is 3.20. The zero-order valence-corrected chi connectivity index (χ0v) is 17.1. The van der Waals surface area contributed by atoms with Crippen molar-refractivity contribution >= 4 is 24.0 Å². The van der Waals surface area contributed by atoms with E-state index in [9.17, 15) is 5.11 Å². The Labute approximate surface area is 163 Å². The fraction of sp³-hybridized carbons (Fsp3) is 0.429. The fourth-order valence-electron chi connectivity index (χ4n) is 2.82. The molecule has 0 fully saturated rings.